The van der Waals surface area contributed by atoms with Crippen LogP contribution in [-0.4, -0.2) is 5.78 Å². The van der Waals surface area contributed by atoms with Crippen molar-refractivity contribution in [3.8, 4) is 0 Å². The molecule has 0 amide bonds. The van der Waals surface area contributed by atoms with Crippen LogP contribution in [-0.2, 0) is 5.33 Å². The molecule has 0 aliphatic carbocycles. The van der Waals surface area contributed by atoms with Gasteiger partial charge in [-0.15, -0.1) is 0 Å². The standard InChI is InChI=1S/C9H8Br2O/c1-6(12)8-2-7(5-10)3-9(11)4-8/h2-4H,5H2,1H3. The van der Waals surface area contributed by atoms with E-state index in [1.807, 2.05) is 18.2 Å². The third-order valence-corrected chi connectivity index (χ3v) is 2.62. The van der Waals surface area contributed by atoms with Gasteiger partial charge in [0.25, 0.3) is 0 Å². The summed E-state index contributed by atoms with van der Waals surface area (Å²) in [5.74, 6) is 0.0958. The fraction of sp³-hybridized carbons (Fsp3) is 0.222. The van der Waals surface area contributed by atoms with Gasteiger partial charge in [-0.1, -0.05) is 31.9 Å². The first-order valence-corrected chi connectivity index (χ1v) is 5.41. The summed E-state index contributed by atoms with van der Waals surface area (Å²) in [5, 5.41) is 0.771. The maximum absolute atomic E-state index is 11.0. The Labute approximate surface area is 88.4 Å². The van der Waals surface area contributed by atoms with Gasteiger partial charge in [0.2, 0.25) is 0 Å². The van der Waals surface area contributed by atoms with Crippen LogP contribution in [0.3, 0.4) is 0 Å². The number of hydrogen-bond acceptors (Lipinski definition) is 1. The van der Waals surface area contributed by atoms with Gasteiger partial charge in [0, 0.05) is 15.4 Å². The molecule has 1 aromatic carbocycles. The number of rotatable bonds is 2. The minimum Gasteiger partial charge on any atom is -0.295 e. The average Bonchev–Trinajstić information content (AvgIpc) is 2.03. The van der Waals surface area contributed by atoms with Crippen molar-refractivity contribution in [2.24, 2.45) is 0 Å². The summed E-state index contributed by atoms with van der Waals surface area (Å²) < 4.78 is 0.949. The minimum absolute atomic E-state index is 0.0958. The third-order valence-electron chi connectivity index (χ3n) is 1.52. The zero-order chi connectivity index (χ0) is 9.14. The Morgan fingerprint density at radius 3 is 2.58 bits per heavy atom. The molecule has 0 heterocycles. The van der Waals surface area contributed by atoms with Gasteiger partial charge in [-0.25, -0.2) is 0 Å². The highest BCUT2D eigenvalue weighted by atomic mass is 79.9. The SMILES string of the molecule is CC(=O)c1cc(Br)cc(CBr)c1. The quantitative estimate of drug-likeness (QED) is 0.602. The fourth-order valence-electron chi connectivity index (χ4n) is 0.931. The Bertz CT molecular complexity index is 307. The highest BCUT2D eigenvalue weighted by Crippen LogP contribution is 2.18. The molecule has 0 N–H and O–H groups in total. The number of halogens is 2. The molecule has 0 saturated heterocycles. The Morgan fingerprint density at radius 2 is 2.08 bits per heavy atom. The lowest BCUT2D eigenvalue weighted by Crippen LogP contribution is -1.93. The van der Waals surface area contributed by atoms with Crippen molar-refractivity contribution in [2.45, 2.75) is 12.3 Å². The number of carbonyl (C=O) groups excluding carboxylic acids is 1. The second kappa shape index (κ2) is 4.19. The Balaban J connectivity index is 3.15. The van der Waals surface area contributed by atoms with Crippen molar-refractivity contribution >= 4 is 37.6 Å². The normalized spacial score (nSPS) is 9.92. The topological polar surface area (TPSA) is 17.1 Å². The predicted molar refractivity (Wildman–Crippen MR) is 56.8 cm³/mol. The zero-order valence-electron chi connectivity index (χ0n) is 6.60. The first-order chi connectivity index (χ1) is 5.63. The van der Waals surface area contributed by atoms with Crippen LogP contribution >= 0.6 is 31.9 Å². The number of hydrogen-bond donors (Lipinski definition) is 0. The Kier molecular flexibility index (Phi) is 3.47. The van der Waals surface area contributed by atoms with Crippen molar-refractivity contribution < 1.29 is 4.79 Å². The zero-order valence-corrected chi connectivity index (χ0v) is 9.78. The molecule has 64 valence electrons. The molecule has 1 rings (SSSR count). The van der Waals surface area contributed by atoms with Gasteiger partial charge < -0.3 is 0 Å². The molecule has 0 spiro atoms. The molecule has 0 atom stereocenters. The smallest absolute Gasteiger partial charge is 0.159 e. The molecular formula is C9H8Br2O. The Morgan fingerprint density at radius 1 is 1.42 bits per heavy atom. The summed E-state index contributed by atoms with van der Waals surface area (Å²) in [6, 6.07) is 5.71. The van der Waals surface area contributed by atoms with Gasteiger partial charge in [0.05, 0.1) is 0 Å². The highest BCUT2D eigenvalue weighted by Gasteiger charge is 2.02. The number of benzene rings is 1. The molecule has 0 fully saturated rings. The molecule has 3 heteroatoms. The largest absolute Gasteiger partial charge is 0.295 e. The lowest BCUT2D eigenvalue weighted by atomic mass is 10.1. The summed E-state index contributed by atoms with van der Waals surface area (Å²) in [7, 11) is 0. The molecule has 0 unspecified atom stereocenters. The van der Waals surface area contributed by atoms with Gasteiger partial charge in [-0.3, -0.25) is 4.79 Å². The van der Waals surface area contributed by atoms with Crippen LogP contribution in [0.5, 0.6) is 0 Å². The van der Waals surface area contributed by atoms with Crippen LogP contribution in [0.4, 0.5) is 0 Å². The fourth-order valence-corrected chi connectivity index (χ4v) is 1.80. The van der Waals surface area contributed by atoms with E-state index in [1.54, 1.807) is 6.92 Å². The monoisotopic (exact) mass is 290 g/mol. The van der Waals surface area contributed by atoms with Gasteiger partial charge in [-0.05, 0) is 30.7 Å². The maximum atomic E-state index is 11.0. The minimum atomic E-state index is 0.0958. The van der Waals surface area contributed by atoms with E-state index in [2.05, 4.69) is 31.9 Å². The van der Waals surface area contributed by atoms with E-state index in [-0.39, 0.29) is 5.78 Å². The first-order valence-electron chi connectivity index (χ1n) is 3.50. The third kappa shape index (κ3) is 2.42. The summed E-state index contributed by atoms with van der Waals surface area (Å²) in [6.07, 6.45) is 0. The number of ketones is 1. The van der Waals surface area contributed by atoms with Crippen LogP contribution in [0.15, 0.2) is 22.7 Å². The molecular weight excluding hydrogens is 284 g/mol. The molecule has 0 saturated carbocycles. The van der Waals surface area contributed by atoms with E-state index in [1.165, 1.54) is 0 Å². The van der Waals surface area contributed by atoms with Crippen LogP contribution < -0.4 is 0 Å². The van der Waals surface area contributed by atoms with E-state index in [9.17, 15) is 4.79 Å². The molecule has 1 nitrogen and oxygen atoms in total. The molecule has 1 aromatic rings. The van der Waals surface area contributed by atoms with Crippen molar-refractivity contribution in [1.82, 2.24) is 0 Å². The number of carbonyl (C=O) groups is 1. The van der Waals surface area contributed by atoms with Crippen LogP contribution in [0.2, 0.25) is 0 Å². The average molecular weight is 292 g/mol. The molecule has 0 aromatic heterocycles. The van der Waals surface area contributed by atoms with Crippen molar-refractivity contribution in [1.29, 1.82) is 0 Å². The van der Waals surface area contributed by atoms with Crippen LogP contribution in [0.1, 0.15) is 22.8 Å². The molecule has 0 radical (unpaired) electrons. The van der Waals surface area contributed by atoms with Crippen LogP contribution in [0, 0.1) is 0 Å². The lowest BCUT2D eigenvalue weighted by molar-refractivity contribution is 0.101. The molecule has 0 aliphatic heterocycles. The van der Waals surface area contributed by atoms with Crippen molar-refractivity contribution in [3.63, 3.8) is 0 Å². The van der Waals surface area contributed by atoms with Crippen LogP contribution in [0.25, 0.3) is 0 Å². The first kappa shape index (κ1) is 9.93. The van der Waals surface area contributed by atoms with E-state index in [0.29, 0.717) is 0 Å². The predicted octanol–water partition coefficient (Wildman–Crippen LogP) is 3.55. The Hall–Kier alpha value is -0.150. The second-order valence-electron chi connectivity index (χ2n) is 2.54. The molecule has 12 heavy (non-hydrogen) atoms. The van der Waals surface area contributed by atoms with Crippen molar-refractivity contribution in [3.05, 3.63) is 33.8 Å². The van der Waals surface area contributed by atoms with E-state index in [4.69, 9.17) is 0 Å². The summed E-state index contributed by atoms with van der Waals surface area (Å²) >= 11 is 6.69. The summed E-state index contributed by atoms with van der Waals surface area (Å²) in [4.78, 5) is 11.0. The summed E-state index contributed by atoms with van der Waals surface area (Å²) in [6.45, 7) is 1.57. The van der Waals surface area contributed by atoms with E-state index < -0.39 is 0 Å². The van der Waals surface area contributed by atoms with Crippen molar-refractivity contribution in [2.75, 3.05) is 0 Å². The second-order valence-corrected chi connectivity index (χ2v) is 4.01. The van der Waals surface area contributed by atoms with Gasteiger partial charge in [-0.2, -0.15) is 0 Å². The number of alkyl halides is 1. The molecule has 0 aliphatic rings. The highest BCUT2D eigenvalue weighted by molar-refractivity contribution is 9.10. The summed E-state index contributed by atoms with van der Waals surface area (Å²) in [5.41, 5.74) is 1.86. The number of Topliss-reactive ketones (excluding diaryl/α,β-unsaturated/α-hetero) is 1. The van der Waals surface area contributed by atoms with Gasteiger partial charge in [0.15, 0.2) is 5.78 Å². The van der Waals surface area contributed by atoms with E-state index >= 15 is 0 Å². The maximum Gasteiger partial charge on any atom is 0.159 e. The van der Waals surface area contributed by atoms with E-state index in [0.717, 1.165) is 20.9 Å². The lowest BCUT2D eigenvalue weighted by Gasteiger charge is -2.00. The van der Waals surface area contributed by atoms with Gasteiger partial charge in [0.1, 0.15) is 0 Å². The molecule has 0 bridgehead atoms. The van der Waals surface area contributed by atoms with Gasteiger partial charge >= 0.3 is 0 Å².